The van der Waals surface area contributed by atoms with Gasteiger partial charge in [-0.15, -0.1) is 11.3 Å². The molecule has 5 heteroatoms. The molecule has 1 aliphatic heterocycles. The van der Waals surface area contributed by atoms with Gasteiger partial charge >= 0.3 is 0 Å². The highest BCUT2D eigenvalue weighted by Crippen LogP contribution is 2.18. The summed E-state index contributed by atoms with van der Waals surface area (Å²) in [5, 5.41) is 6.47. The minimum absolute atomic E-state index is 0.743. The van der Waals surface area contributed by atoms with Crippen LogP contribution in [0, 0.1) is 13.8 Å². The van der Waals surface area contributed by atoms with E-state index in [1.807, 2.05) is 6.92 Å². The Morgan fingerprint density at radius 1 is 1.24 bits per heavy atom. The van der Waals surface area contributed by atoms with Gasteiger partial charge in [-0.25, -0.2) is 15.0 Å². The molecule has 0 fully saturated rings. The number of nitrogens with zero attached hydrogens (tertiary/aromatic N) is 3. The van der Waals surface area contributed by atoms with E-state index in [-0.39, 0.29) is 0 Å². The molecular weight excluding hydrogens is 232 g/mol. The molecule has 0 unspecified atom stereocenters. The number of aromatic nitrogens is 3. The number of fused-ring (bicyclic) bond motifs is 1. The summed E-state index contributed by atoms with van der Waals surface area (Å²) < 4.78 is 0. The second-order valence-corrected chi connectivity index (χ2v) is 5.26. The Balaban J connectivity index is 1.91. The van der Waals surface area contributed by atoms with Crippen LogP contribution in [0.4, 0.5) is 0 Å². The molecule has 88 valence electrons. The highest BCUT2D eigenvalue weighted by molar-refractivity contribution is 7.09. The lowest BCUT2D eigenvalue weighted by atomic mass is 10.2. The summed E-state index contributed by atoms with van der Waals surface area (Å²) >= 11 is 1.68. The maximum atomic E-state index is 4.61. The Bertz CT molecular complexity index is 562. The third-order valence-electron chi connectivity index (χ3n) is 2.92. The minimum Gasteiger partial charge on any atom is -0.307 e. The van der Waals surface area contributed by atoms with E-state index < -0.39 is 0 Å². The first kappa shape index (κ1) is 10.8. The molecule has 2 aromatic rings. The molecule has 17 heavy (non-hydrogen) atoms. The van der Waals surface area contributed by atoms with Crippen LogP contribution in [0.1, 0.15) is 33.5 Å². The van der Waals surface area contributed by atoms with Crippen LogP contribution in [0.2, 0.25) is 0 Å². The van der Waals surface area contributed by atoms with Crippen LogP contribution in [-0.2, 0) is 19.5 Å². The zero-order chi connectivity index (χ0) is 11.8. The average Bonchev–Trinajstić information content (AvgIpc) is 2.87. The average molecular weight is 246 g/mol. The lowest BCUT2D eigenvalue weighted by molar-refractivity contribution is 0.755. The van der Waals surface area contributed by atoms with Crippen LogP contribution in [0.3, 0.4) is 0 Å². The van der Waals surface area contributed by atoms with Gasteiger partial charge in [0.1, 0.15) is 10.8 Å². The molecule has 0 radical (unpaired) electrons. The molecule has 4 nitrogen and oxygen atoms in total. The number of rotatable bonds is 2. The molecule has 3 heterocycles. The van der Waals surface area contributed by atoms with Crippen molar-refractivity contribution in [2.24, 2.45) is 0 Å². The van der Waals surface area contributed by atoms with Crippen molar-refractivity contribution in [1.29, 1.82) is 0 Å². The zero-order valence-corrected chi connectivity index (χ0v) is 10.8. The molecule has 3 rings (SSSR count). The molecule has 0 spiro atoms. The van der Waals surface area contributed by atoms with Gasteiger partial charge in [0.05, 0.1) is 12.1 Å². The Morgan fingerprint density at radius 2 is 2.12 bits per heavy atom. The summed E-state index contributed by atoms with van der Waals surface area (Å²) in [5.41, 5.74) is 4.60. The Morgan fingerprint density at radius 3 is 2.88 bits per heavy atom. The third kappa shape index (κ3) is 2.08. The minimum atomic E-state index is 0.743. The first-order valence-electron chi connectivity index (χ1n) is 5.69. The largest absolute Gasteiger partial charge is 0.307 e. The summed E-state index contributed by atoms with van der Waals surface area (Å²) in [7, 11) is 0. The number of hydrogen-bond acceptors (Lipinski definition) is 5. The summed E-state index contributed by atoms with van der Waals surface area (Å²) in [4.78, 5) is 13.6. The Hall–Kier alpha value is -1.33. The van der Waals surface area contributed by atoms with Gasteiger partial charge in [0.15, 0.2) is 0 Å². The SMILES string of the molecule is Cc1csc(Cc2nc(C)c3c(n2)CNC3)n1. The standard InChI is InChI=1S/C12H14N4S/c1-7-6-17-12(14-7)3-11-15-8(2)9-4-13-5-10(9)16-11/h6,13H,3-5H2,1-2H3. The topological polar surface area (TPSA) is 50.7 Å². The van der Waals surface area contributed by atoms with Gasteiger partial charge in [-0.2, -0.15) is 0 Å². The predicted octanol–water partition coefficient (Wildman–Crippen LogP) is 1.74. The Labute approximate surface area is 104 Å². The molecule has 0 bridgehead atoms. The van der Waals surface area contributed by atoms with Crippen molar-refractivity contribution in [2.45, 2.75) is 33.4 Å². The second kappa shape index (κ2) is 4.16. The van der Waals surface area contributed by atoms with E-state index in [9.17, 15) is 0 Å². The summed E-state index contributed by atoms with van der Waals surface area (Å²) in [6.07, 6.45) is 0.743. The quantitative estimate of drug-likeness (QED) is 0.877. The third-order valence-corrected chi connectivity index (χ3v) is 3.88. The summed E-state index contributed by atoms with van der Waals surface area (Å²) in [6.45, 7) is 5.84. The fourth-order valence-corrected chi connectivity index (χ4v) is 2.87. The molecule has 2 aromatic heterocycles. The zero-order valence-electron chi connectivity index (χ0n) is 9.95. The first-order valence-corrected chi connectivity index (χ1v) is 6.57. The van der Waals surface area contributed by atoms with Crippen LogP contribution in [-0.4, -0.2) is 15.0 Å². The summed E-state index contributed by atoms with van der Waals surface area (Å²) in [5.74, 6) is 0.888. The van der Waals surface area contributed by atoms with Gasteiger partial charge in [0.25, 0.3) is 0 Å². The van der Waals surface area contributed by atoms with E-state index >= 15 is 0 Å². The lowest BCUT2D eigenvalue weighted by Gasteiger charge is -2.04. The molecule has 0 atom stereocenters. The monoisotopic (exact) mass is 246 g/mol. The van der Waals surface area contributed by atoms with Crippen molar-refractivity contribution in [3.63, 3.8) is 0 Å². The lowest BCUT2D eigenvalue weighted by Crippen LogP contribution is -2.04. The molecule has 1 N–H and O–H groups in total. The molecular formula is C12H14N4S. The van der Waals surface area contributed by atoms with Crippen LogP contribution < -0.4 is 5.32 Å². The van der Waals surface area contributed by atoms with E-state index in [2.05, 4.69) is 32.6 Å². The van der Waals surface area contributed by atoms with E-state index in [1.165, 1.54) is 5.56 Å². The molecule has 0 aliphatic carbocycles. The fourth-order valence-electron chi connectivity index (χ4n) is 2.10. The van der Waals surface area contributed by atoms with Crippen molar-refractivity contribution >= 4 is 11.3 Å². The number of thiazole rings is 1. The van der Waals surface area contributed by atoms with Gasteiger partial charge in [0.2, 0.25) is 0 Å². The van der Waals surface area contributed by atoms with E-state index in [1.54, 1.807) is 11.3 Å². The van der Waals surface area contributed by atoms with Crippen LogP contribution in [0.15, 0.2) is 5.38 Å². The fraction of sp³-hybridized carbons (Fsp3) is 0.417. The molecule has 1 aliphatic rings. The van der Waals surface area contributed by atoms with Crippen molar-refractivity contribution in [3.05, 3.63) is 38.9 Å². The highest BCUT2D eigenvalue weighted by atomic mass is 32.1. The van der Waals surface area contributed by atoms with Gasteiger partial charge in [-0.3, -0.25) is 0 Å². The molecule has 0 saturated carbocycles. The normalized spacial score (nSPS) is 14.0. The van der Waals surface area contributed by atoms with Gasteiger partial charge in [0, 0.05) is 35.4 Å². The van der Waals surface area contributed by atoms with Crippen LogP contribution in [0.25, 0.3) is 0 Å². The van der Waals surface area contributed by atoms with Crippen LogP contribution >= 0.6 is 11.3 Å². The maximum absolute atomic E-state index is 4.61. The summed E-state index contributed by atoms with van der Waals surface area (Å²) in [6, 6.07) is 0. The van der Waals surface area contributed by atoms with E-state index in [0.29, 0.717) is 0 Å². The predicted molar refractivity (Wildman–Crippen MR) is 67.0 cm³/mol. The van der Waals surface area contributed by atoms with Gasteiger partial charge < -0.3 is 5.32 Å². The van der Waals surface area contributed by atoms with Crippen molar-refractivity contribution in [3.8, 4) is 0 Å². The number of aryl methyl sites for hydroxylation is 2. The van der Waals surface area contributed by atoms with Crippen molar-refractivity contribution in [1.82, 2.24) is 20.3 Å². The van der Waals surface area contributed by atoms with Gasteiger partial charge in [-0.1, -0.05) is 0 Å². The maximum Gasteiger partial charge on any atom is 0.135 e. The molecule has 0 saturated heterocycles. The van der Waals surface area contributed by atoms with Crippen LogP contribution in [0.5, 0.6) is 0 Å². The van der Waals surface area contributed by atoms with E-state index in [4.69, 9.17) is 0 Å². The molecule has 0 aromatic carbocycles. The second-order valence-electron chi connectivity index (χ2n) is 4.31. The molecule has 0 amide bonds. The Kier molecular flexibility index (Phi) is 2.64. The van der Waals surface area contributed by atoms with Crippen molar-refractivity contribution in [2.75, 3.05) is 0 Å². The number of nitrogens with one attached hydrogen (secondary N) is 1. The first-order chi connectivity index (χ1) is 8.22. The van der Waals surface area contributed by atoms with Crippen molar-refractivity contribution < 1.29 is 0 Å². The van der Waals surface area contributed by atoms with E-state index in [0.717, 1.165) is 47.4 Å². The van der Waals surface area contributed by atoms with Gasteiger partial charge in [-0.05, 0) is 13.8 Å². The number of hydrogen-bond donors (Lipinski definition) is 1. The smallest absolute Gasteiger partial charge is 0.135 e. The highest BCUT2D eigenvalue weighted by Gasteiger charge is 2.16.